The number of nitrogens with zero attached hydrogens (tertiary/aromatic N) is 2. The Kier molecular flexibility index (Phi) is 4.25. The summed E-state index contributed by atoms with van der Waals surface area (Å²) in [5, 5.41) is 18.4. The van der Waals surface area contributed by atoms with Crippen molar-refractivity contribution in [2.45, 2.75) is 20.3 Å². The number of carbonyl (C=O) groups excluding carboxylic acids is 1. The zero-order valence-electron chi connectivity index (χ0n) is 14.1. The zero-order valence-corrected chi connectivity index (χ0v) is 14.1. The molecule has 0 radical (unpaired) electrons. The largest absolute Gasteiger partial charge is 0.507 e. The molecule has 0 aliphatic rings. The number of carbonyl (C=O) groups is 1. The molecule has 0 aliphatic heterocycles. The van der Waals surface area contributed by atoms with Crippen LogP contribution in [0.25, 0.3) is 10.9 Å². The van der Waals surface area contributed by atoms with Crippen LogP contribution in [0.5, 0.6) is 5.75 Å². The number of H-pyrrole nitrogens is 1. The van der Waals surface area contributed by atoms with E-state index in [4.69, 9.17) is 0 Å². The standard InChI is InChI=1S/C19H21N3O2/c1-12(2)9-16-14-10-15(18(23)11-17(14)21-20-16)19(24)22(3)13-7-5-4-6-8-13/h4-8,10-12,23H,9H2,1-3H3,(H,20,21). The number of aromatic nitrogens is 2. The van der Waals surface area contributed by atoms with E-state index in [9.17, 15) is 9.90 Å². The lowest BCUT2D eigenvalue weighted by Gasteiger charge is -2.18. The van der Waals surface area contributed by atoms with Gasteiger partial charge < -0.3 is 10.0 Å². The number of para-hydroxylation sites is 1. The van der Waals surface area contributed by atoms with E-state index >= 15 is 0 Å². The van der Waals surface area contributed by atoms with Crippen LogP contribution in [0.2, 0.25) is 0 Å². The summed E-state index contributed by atoms with van der Waals surface area (Å²) < 4.78 is 0. The number of aromatic amines is 1. The Morgan fingerprint density at radius 2 is 1.96 bits per heavy atom. The molecule has 24 heavy (non-hydrogen) atoms. The van der Waals surface area contributed by atoms with Crippen LogP contribution in [0.3, 0.4) is 0 Å². The van der Waals surface area contributed by atoms with Gasteiger partial charge in [-0.05, 0) is 30.5 Å². The van der Waals surface area contributed by atoms with Crippen molar-refractivity contribution in [1.29, 1.82) is 0 Å². The van der Waals surface area contributed by atoms with Crippen LogP contribution in [0.4, 0.5) is 5.69 Å². The molecule has 2 aromatic carbocycles. The van der Waals surface area contributed by atoms with E-state index in [-0.39, 0.29) is 17.2 Å². The van der Waals surface area contributed by atoms with Gasteiger partial charge in [0, 0.05) is 24.2 Å². The summed E-state index contributed by atoms with van der Waals surface area (Å²) in [6, 6.07) is 12.7. The maximum absolute atomic E-state index is 12.8. The van der Waals surface area contributed by atoms with Gasteiger partial charge in [-0.3, -0.25) is 9.89 Å². The summed E-state index contributed by atoms with van der Waals surface area (Å²) >= 11 is 0. The lowest BCUT2D eigenvalue weighted by atomic mass is 10.0. The van der Waals surface area contributed by atoms with E-state index in [1.54, 1.807) is 19.2 Å². The van der Waals surface area contributed by atoms with E-state index in [2.05, 4.69) is 24.0 Å². The minimum atomic E-state index is -0.253. The predicted octanol–water partition coefficient (Wildman–Crippen LogP) is 3.74. The highest BCUT2D eigenvalue weighted by molar-refractivity contribution is 6.09. The first-order valence-electron chi connectivity index (χ1n) is 8.00. The first kappa shape index (κ1) is 16.1. The van der Waals surface area contributed by atoms with Gasteiger partial charge >= 0.3 is 0 Å². The number of rotatable bonds is 4. The van der Waals surface area contributed by atoms with Crippen LogP contribution in [0, 0.1) is 5.92 Å². The molecule has 5 nitrogen and oxygen atoms in total. The molecule has 3 aromatic rings. The van der Waals surface area contributed by atoms with Crippen molar-refractivity contribution < 1.29 is 9.90 Å². The SMILES string of the molecule is CC(C)Cc1n[nH]c2cc(O)c(C(=O)N(C)c3ccccc3)cc12. The Morgan fingerprint density at radius 3 is 2.62 bits per heavy atom. The van der Waals surface area contributed by atoms with Gasteiger partial charge in [-0.2, -0.15) is 5.10 Å². The summed E-state index contributed by atoms with van der Waals surface area (Å²) in [6.45, 7) is 4.24. The average Bonchev–Trinajstić information content (AvgIpc) is 2.94. The van der Waals surface area contributed by atoms with E-state index < -0.39 is 0 Å². The van der Waals surface area contributed by atoms with Gasteiger partial charge in [-0.1, -0.05) is 32.0 Å². The molecule has 0 fully saturated rings. The van der Waals surface area contributed by atoms with E-state index in [1.165, 1.54) is 4.90 Å². The lowest BCUT2D eigenvalue weighted by molar-refractivity contribution is 0.0990. The fourth-order valence-corrected chi connectivity index (χ4v) is 2.77. The molecule has 3 rings (SSSR count). The van der Waals surface area contributed by atoms with Crippen LogP contribution < -0.4 is 4.90 Å². The van der Waals surface area contributed by atoms with Crippen LogP contribution in [-0.2, 0) is 6.42 Å². The number of amides is 1. The smallest absolute Gasteiger partial charge is 0.261 e. The number of hydrogen-bond donors (Lipinski definition) is 2. The number of fused-ring (bicyclic) bond motifs is 1. The molecule has 0 saturated heterocycles. The van der Waals surface area contributed by atoms with E-state index in [0.29, 0.717) is 5.92 Å². The molecule has 0 bridgehead atoms. The Morgan fingerprint density at radius 1 is 1.25 bits per heavy atom. The third-order valence-corrected chi connectivity index (χ3v) is 4.04. The summed E-state index contributed by atoms with van der Waals surface area (Å²) in [5.41, 5.74) is 2.70. The third kappa shape index (κ3) is 2.97. The van der Waals surface area contributed by atoms with Gasteiger partial charge in [-0.25, -0.2) is 0 Å². The Balaban J connectivity index is 2.02. The van der Waals surface area contributed by atoms with Crippen molar-refractivity contribution in [3.05, 3.63) is 53.7 Å². The quantitative estimate of drug-likeness (QED) is 0.768. The van der Waals surface area contributed by atoms with E-state index in [0.717, 1.165) is 28.7 Å². The fraction of sp³-hybridized carbons (Fsp3) is 0.263. The molecule has 1 heterocycles. The van der Waals surface area contributed by atoms with Gasteiger partial charge in [0.1, 0.15) is 5.75 Å². The number of phenols is 1. The number of phenolic OH excluding ortho intramolecular Hbond substituents is 1. The molecular formula is C19H21N3O2. The van der Waals surface area contributed by atoms with Crippen molar-refractivity contribution in [3.63, 3.8) is 0 Å². The number of benzene rings is 2. The number of nitrogens with one attached hydrogen (secondary N) is 1. The fourth-order valence-electron chi connectivity index (χ4n) is 2.77. The molecule has 2 N–H and O–H groups in total. The molecule has 0 saturated carbocycles. The van der Waals surface area contributed by atoms with Crippen LogP contribution in [0.15, 0.2) is 42.5 Å². The molecule has 0 unspecified atom stereocenters. The topological polar surface area (TPSA) is 69.2 Å². The van der Waals surface area contributed by atoms with Gasteiger partial charge in [-0.15, -0.1) is 0 Å². The molecule has 0 aliphatic carbocycles. The van der Waals surface area contributed by atoms with E-state index in [1.807, 2.05) is 30.3 Å². The second-order valence-electron chi connectivity index (χ2n) is 6.38. The highest BCUT2D eigenvalue weighted by Gasteiger charge is 2.20. The Labute approximate surface area is 140 Å². The maximum atomic E-state index is 12.8. The molecule has 0 spiro atoms. The molecular weight excluding hydrogens is 302 g/mol. The van der Waals surface area contributed by atoms with Crippen molar-refractivity contribution in [2.75, 3.05) is 11.9 Å². The van der Waals surface area contributed by atoms with Gasteiger partial charge in [0.25, 0.3) is 5.91 Å². The first-order valence-corrected chi connectivity index (χ1v) is 8.00. The minimum absolute atomic E-state index is 0.0463. The summed E-state index contributed by atoms with van der Waals surface area (Å²) in [6.07, 6.45) is 0.812. The Hall–Kier alpha value is -2.82. The average molecular weight is 323 g/mol. The van der Waals surface area contributed by atoms with Crippen molar-refractivity contribution in [2.24, 2.45) is 5.92 Å². The molecule has 1 aromatic heterocycles. The summed E-state index contributed by atoms with van der Waals surface area (Å²) in [4.78, 5) is 14.3. The monoisotopic (exact) mass is 323 g/mol. The van der Waals surface area contributed by atoms with Crippen LogP contribution >= 0.6 is 0 Å². The van der Waals surface area contributed by atoms with Gasteiger partial charge in [0.15, 0.2) is 0 Å². The normalized spacial score (nSPS) is 11.2. The summed E-state index contributed by atoms with van der Waals surface area (Å²) in [5.74, 6) is 0.156. The lowest BCUT2D eigenvalue weighted by Crippen LogP contribution is -2.26. The minimum Gasteiger partial charge on any atom is -0.507 e. The number of aromatic hydroxyl groups is 1. The number of hydrogen-bond acceptors (Lipinski definition) is 3. The summed E-state index contributed by atoms with van der Waals surface area (Å²) in [7, 11) is 1.70. The first-order chi connectivity index (χ1) is 11.5. The molecule has 0 atom stereocenters. The van der Waals surface area contributed by atoms with Crippen LogP contribution in [0.1, 0.15) is 29.9 Å². The molecule has 1 amide bonds. The molecule has 5 heteroatoms. The predicted molar refractivity (Wildman–Crippen MR) is 95.5 cm³/mol. The third-order valence-electron chi connectivity index (χ3n) is 4.04. The highest BCUT2D eigenvalue weighted by atomic mass is 16.3. The second kappa shape index (κ2) is 6.35. The zero-order chi connectivity index (χ0) is 17.3. The van der Waals surface area contributed by atoms with Crippen molar-refractivity contribution >= 4 is 22.5 Å². The van der Waals surface area contributed by atoms with Crippen molar-refractivity contribution in [3.8, 4) is 5.75 Å². The maximum Gasteiger partial charge on any atom is 0.261 e. The van der Waals surface area contributed by atoms with Gasteiger partial charge in [0.2, 0.25) is 0 Å². The van der Waals surface area contributed by atoms with Crippen molar-refractivity contribution in [1.82, 2.24) is 10.2 Å². The van der Waals surface area contributed by atoms with Crippen LogP contribution in [-0.4, -0.2) is 28.3 Å². The second-order valence-corrected chi connectivity index (χ2v) is 6.38. The van der Waals surface area contributed by atoms with Gasteiger partial charge in [0.05, 0.1) is 16.8 Å². The molecule has 124 valence electrons. The number of anilines is 1. The Bertz CT molecular complexity index is 869. The highest BCUT2D eigenvalue weighted by Crippen LogP contribution is 2.28.